The molecule has 0 radical (unpaired) electrons. The maximum absolute atomic E-state index is 13.3. The van der Waals surface area contributed by atoms with E-state index in [0.717, 1.165) is 32.1 Å². The Labute approximate surface area is 162 Å². The van der Waals surface area contributed by atoms with Gasteiger partial charge in [-0.2, -0.15) is 17.2 Å². The molecule has 0 aromatic heterocycles. The van der Waals surface area contributed by atoms with Crippen LogP contribution in [0, 0.1) is 17.3 Å². The summed E-state index contributed by atoms with van der Waals surface area (Å²) in [4.78, 5) is 23.8. The SMILES string of the molecule is C=C(C)C(=O)OC12CC3CC(CC(COC(=O)CC(F)(F)S(=O)(=O)O)(C3)C1)C2. The molecule has 7 nitrogen and oxygen atoms in total. The number of halogens is 2. The molecule has 158 valence electrons. The molecule has 4 fully saturated rings. The first-order chi connectivity index (χ1) is 12.7. The Hall–Kier alpha value is -1.55. The Morgan fingerprint density at radius 3 is 2.29 bits per heavy atom. The van der Waals surface area contributed by atoms with E-state index in [0.29, 0.717) is 12.0 Å². The highest BCUT2D eigenvalue weighted by molar-refractivity contribution is 7.86. The number of hydrogen-bond donors (Lipinski definition) is 1. The molecule has 2 atom stereocenters. The molecule has 2 unspecified atom stereocenters. The highest BCUT2D eigenvalue weighted by Crippen LogP contribution is 2.63. The van der Waals surface area contributed by atoms with Crippen molar-refractivity contribution in [1.82, 2.24) is 0 Å². The summed E-state index contributed by atoms with van der Waals surface area (Å²) in [7, 11) is -5.69. The first-order valence-electron chi connectivity index (χ1n) is 9.14. The second kappa shape index (κ2) is 6.76. The molecule has 0 spiro atoms. The lowest BCUT2D eigenvalue weighted by atomic mass is 9.48. The van der Waals surface area contributed by atoms with Gasteiger partial charge in [0.1, 0.15) is 12.0 Å². The van der Waals surface area contributed by atoms with Crippen LogP contribution in [0.5, 0.6) is 0 Å². The molecule has 0 aliphatic heterocycles. The van der Waals surface area contributed by atoms with E-state index in [2.05, 4.69) is 6.58 Å². The van der Waals surface area contributed by atoms with Crippen molar-refractivity contribution in [3.63, 3.8) is 0 Å². The predicted octanol–water partition coefficient (Wildman–Crippen LogP) is 2.86. The van der Waals surface area contributed by atoms with Crippen molar-refractivity contribution in [3.05, 3.63) is 12.2 Å². The van der Waals surface area contributed by atoms with Crippen molar-refractivity contribution in [2.24, 2.45) is 17.3 Å². The van der Waals surface area contributed by atoms with Gasteiger partial charge < -0.3 is 9.47 Å². The normalized spacial score (nSPS) is 34.1. The van der Waals surface area contributed by atoms with Gasteiger partial charge in [0.2, 0.25) is 0 Å². The third kappa shape index (κ3) is 4.07. The summed E-state index contributed by atoms with van der Waals surface area (Å²) < 4.78 is 67.3. The molecule has 1 N–H and O–H groups in total. The molecule has 4 aliphatic carbocycles. The lowest BCUT2D eigenvalue weighted by molar-refractivity contribution is -0.208. The molecule has 0 amide bonds. The van der Waals surface area contributed by atoms with E-state index in [1.54, 1.807) is 6.92 Å². The number of carbonyl (C=O) groups is 2. The van der Waals surface area contributed by atoms with E-state index in [-0.39, 0.29) is 18.4 Å². The fourth-order valence-electron chi connectivity index (χ4n) is 5.48. The van der Waals surface area contributed by atoms with Crippen molar-refractivity contribution in [2.45, 2.75) is 62.7 Å². The van der Waals surface area contributed by atoms with Crippen LogP contribution in [0.15, 0.2) is 12.2 Å². The topological polar surface area (TPSA) is 107 Å². The van der Waals surface area contributed by atoms with Crippen molar-refractivity contribution >= 4 is 22.1 Å². The van der Waals surface area contributed by atoms with Crippen LogP contribution in [0.1, 0.15) is 51.9 Å². The molecule has 0 aromatic rings. The summed E-state index contributed by atoms with van der Waals surface area (Å²) in [6, 6.07) is 0. The van der Waals surface area contributed by atoms with Gasteiger partial charge in [-0.1, -0.05) is 6.58 Å². The molecule has 4 bridgehead atoms. The van der Waals surface area contributed by atoms with Crippen molar-refractivity contribution in [1.29, 1.82) is 0 Å². The number of alkyl halides is 2. The molecule has 10 heteroatoms. The van der Waals surface area contributed by atoms with Gasteiger partial charge >= 0.3 is 27.3 Å². The van der Waals surface area contributed by atoms with E-state index in [4.69, 9.17) is 14.0 Å². The fraction of sp³-hybridized carbons (Fsp3) is 0.778. The van der Waals surface area contributed by atoms with Gasteiger partial charge in [0.25, 0.3) is 0 Å². The van der Waals surface area contributed by atoms with Crippen LogP contribution in [0.25, 0.3) is 0 Å². The zero-order valence-corrected chi connectivity index (χ0v) is 16.4. The molecular formula is C18H24F2O7S. The summed E-state index contributed by atoms with van der Waals surface area (Å²) in [6.45, 7) is 5.02. The number of ether oxygens (including phenoxy) is 2. The quantitative estimate of drug-likeness (QED) is 0.382. The molecule has 0 heterocycles. The predicted molar refractivity (Wildman–Crippen MR) is 92.8 cm³/mol. The Morgan fingerprint density at radius 2 is 1.79 bits per heavy atom. The smallest absolute Gasteiger partial charge is 0.380 e. The first kappa shape index (κ1) is 21.2. The Bertz CT molecular complexity index is 791. The molecular weight excluding hydrogens is 398 g/mol. The molecule has 0 aromatic carbocycles. The minimum absolute atomic E-state index is 0.146. The standard InChI is InChI=1S/C18H24F2O7S/c1-11(2)15(22)27-17-6-12-3-13(7-17)5-16(4-12,9-17)10-26-14(21)8-18(19,20)28(23,24)25/h12-13H,1,3-10H2,2H3,(H,23,24,25). The highest BCUT2D eigenvalue weighted by Gasteiger charge is 2.60. The van der Waals surface area contributed by atoms with Crippen LogP contribution in [0.4, 0.5) is 8.78 Å². The van der Waals surface area contributed by atoms with Crippen molar-refractivity contribution in [2.75, 3.05) is 6.61 Å². The van der Waals surface area contributed by atoms with Gasteiger partial charge in [0.05, 0.1) is 6.61 Å². The third-order valence-corrected chi connectivity index (χ3v) is 6.95. The Kier molecular flexibility index (Phi) is 5.11. The van der Waals surface area contributed by atoms with Gasteiger partial charge in [-0.3, -0.25) is 9.35 Å². The monoisotopic (exact) mass is 422 g/mol. The first-order valence-corrected chi connectivity index (χ1v) is 10.6. The zero-order chi connectivity index (χ0) is 21.0. The maximum Gasteiger partial charge on any atom is 0.380 e. The van der Waals surface area contributed by atoms with Crippen LogP contribution in [0.2, 0.25) is 0 Å². The average molecular weight is 422 g/mol. The number of carbonyl (C=O) groups excluding carboxylic acids is 2. The summed E-state index contributed by atoms with van der Waals surface area (Å²) in [5.41, 5.74) is -0.850. The highest BCUT2D eigenvalue weighted by atomic mass is 32.2. The van der Waals surface area contributed by atoms with Crippen LogP contribution in [-0.4, -0.2) is 42.4 Å². The number of rotatable bonds is 7. The van der Waals surface area contributed by atoms with Crippen LogP contribution in [-0.2, 0) is 29.2 Å². The average Bonchev–Trinajstić information content (AvgIpc) is 2.49. The Morgan fingerprint density at radius 1 is 1.21 bits per heavy atom. The van der Waals surface area contributed by atoms with Crippen molar-refractivity contribution in [3.8, 4) is 0 Å². The van der Waals surface area contributed by atoms with Crippen molar-refractivity contribution < 1.29 is 40.8 Å². The molecule has 4 aliphatic rings. The molecule has 0 saturated heterocycles. The summed E-state index contributed by atoms with van der Waals surface area (Å²) in [6.07, 6.45) is 2.62. The van der Waals surface area contributed by atoms with Gasteiger partial charge in [-0.05, 0) is 57.3 Å². The van der Waals surface area contributed by atoms with Crippen LogP contribution < -0.4 is 0 Å². The second-order valence-corrected chi connectivity index (χ2v) is 10.3. The van der Waals surface area contributed by atoms with Gasteiger partial charge in [-0.25, -0.2) is 4.79 Å². The summed E-state index contributed by atoms with van der Waals surface area (Å²) in [5.74, 6) is -1.29. The van der Waals surface area contributed by atoms with E-state index < -0.39 is 44.7 Å². The fourth-order valence-corrected chi connectivity index (χ4v) is 5.78. The zero-order valence-electron chi connectivity index (χ0n) is 15.6. The van der Waals surface area contributed by atoms with Crippen LogP contribution >= 0.6 is 0 Å². The minimum Gasteiger partial charge on any atom is -0.465 e. The number of esters is 2. The van der Waals surface area contributed by atoms with E-state index >= 15 is 0 Å². The largest absolute Gasteiger partial charge is 0.465 e. The van der Waals surface area contributed by atoms with Gasteiger partial charge in [0, 0.05) is 11.0 Å². The van der Waals surface area contributed by atoms with Gasteiger partial charge in [-0.15, -0.1) is 0 Å². The van der Waals surface area contributed by atoms with Gasteiger partial charge in [0.15, 0.2) is 0 Å². The lowest BCUT2D eigenvalue weighted by Crippen LogP contribution is -2.58. The molecule has 4 saturated carbocycles. The second-order valence-electron chi connectivity index (χ2n) is 8.76. The lowest BCUT2D eigenvalue weighted by Gasteiger charge is -2.60. The third-order valence-electron chi connectivity index (χ3n) is 6.05. The van der Waals surface area contributed by atoms with Crippen LogP contribution in [0.3, 0.4) is 0 Å². The number of hydrogen-bond acceptors (Lipinski definition) is 6. The van der Waals surface area contributed by atoms with E-state index in [1.165, 1.54) is 0 Å². The maximum atomic E-state index is 13.3. The molecule has 28 heavy (non-hydrogen) atoms. The summed E-state index contributed by atoms with van der Waals surface area (Å²) >= 11 is 0. The van der Waals surface area contributed by atoms with E-state index in [1.807, 2.05) is 0 Å². The Balaban J connectivity index is 1.68. The summed E-state index contributed by atoms with van der Waals surface area (Å²) in [5, 5.41) is -4.59. The van der Waals surface area contributed by atoms with E-state index in [9.17, 15) is 26.8 Å². The minimum atomic E-state index is -5.69. The molecule has 4 rings (SSSR count).